The molecule has 1 unspecified atom stereocenters. The topological polar surface area (TPSA) is 26.0 Å². The number of rotatable bonds is 1. The Morgan fingerprint density at radius 3 is 2.60 bits per heavy atom. The van der Waals surface area contributed by atoms with Gasteiger partial charge in [0.2, 0.25) is 0 Å². The molecule has 0 saturated heterocycles. The molecule has 1 nitrogen and oxygen atoms in total. The molecule has 15 heavy (non-hydrogen) atoms. The van der Waals surface area contributed by atoms with Crippen molar-refractivity contribution in [3.8, 4) is 0 Å². The Labute approximate surface area is 91.7 Å². The van der Waals surface area contributed by atoms with Gasteiger partial charge in [0.1, 0.15) is 0 Å². The van der Waals surface area contributed by atoms with Gasteiger partial charge < -0.3 is 5.73 Å². The van der Waals surface area contributed by atoms with Crippen LogP contribution in [0, 0.1) is 11.8 Å². The lowest BCUT2D eigenvalue weighted by Gasteiger charge is -2.20. The Kier molecular flexibility index (Phi) is 1.86. The highest BCUT2D eigenvalue weighted by atomic mass is 14.6. The number of hydrogen-bond donors (Lipinski definition) is 1. The van der Waals surface area contributed by atoms with Crippen LogP contribution in [0.4, 0.5) is 5.69 Å². The summed E-state index contributed by atoms with van der Waals surface area (Å²) >= 11 is 0. The number of nitrogen functional groups attached to an aromatic ring is 1. The molecule has 2 bridgehead atoms. The quantitative estimate of drug-likeness (QED) is 0.691. The van der Waals surface area contributed by atoms with Gasteiger partial charge in [0.25, 0.3) is 0 Å². The summed E-state index contributed by atoms with van der Waals surface area (Å²) in [7, 11) is 0. The molecule has 0 amide bonds. The normalized spacial score (nSPS) is 32.3. The maximum Gasteiger partial charge on any atom is 0.0352 e. The van der Waals surface area contributed by atoms with Gasteiger partial charge in [-0.25, -0.2) is 0 Å². The average molecular weight is 201 g/mol. The number of anilines is 1. The lowest BCUT2D eigenvalue weighted by atomic mass is 9.85. The first-order valence-corrected chi connectivity index (χ1v) is 6.08. The van der Waals surface area contributed by atoms with Crippen LogP contribution < -0.4 is 5.73 Å². The summed E-state index contributed by atoms with van der Waals surface area (Å²) in [4.78, 5) is 0. The number of nitrogens with two attached hydrogens (primary N) is 1. The molecule has 2 N–H and O–H groups in total. The Hall–Kier alpha value is -0.980. The Morgan fingerprint density at radius 2 is 1.93 bits per heavy atom. The Bertz CT molecular complexity index is 394. The van der Waals surface area contributed by atoms with Crippen molar-refractivity contribution in [2.45, 2.75) is 38.5 Å². The molecule has 1 fully saturated rings. The van der Waals surface area contributed by atoms with Gasteiger partial charge in [-0.05, 0) is 53.7 Å². The second-order valence-electron chi connectivity index (χ2n) is 5.46. The lowest BCUT2D eigenvalue weighted by molar-refractivity contribution is 0.352. The summed E-state index contributed by atoms with van der Waals surface area (Å²) in [6.07, 6.45) is 2.73. The van der Waals surface area contributed by atoms with E-state index in [0.717, 1.165) is 29.4 Å². The van der Waals surface area contributed by atoms with E-state index in [0.29, 0.717) is 0 Å². The first-order chi connectivity index (χ1) is 7.20. The van der Waals surface area contributed by atoms with Crippen molar-refractivity contribution in [2.75, 3.05) is 5.73 Å². The second-order valence-corrected chi connectivity index (χ2v) is 5.46. The second kappa shape index (κ2) is 3.01. The first-order valence-electron chi connectivity index (χ1n) is 6.08. The molecular formula is C14H19N. The van der Waals surface area contributed by atoms with Gasteiger partial charge in [-0.3, -0.25) is 0 Å². The largest absolute Gasteiger partial charge is 0.398 e. The fourth-order valence-electron chi connectivity index (χ4n) is 4.01. The van der Waals surface area contributed by atoms with Gasteiger partial charge in [0.15, 0.2) is 0 Å². The van der Waals surface area contributed by atoms with E-state index in [2.05, 4.69) is 32.0 Å². The van der Waals surface area contributed by atoms with E-state index in [1.807, 2.05) is 0 Å². The molecular weight excluding hydrogens is 182 g/mol. The van der Waals surface area contributed by atoms with E-state index in [1.165, 1.54) is 18.4 Å². The maximum absolute atomic E-state index is 6.12. The zero-order chi connectivity index (χ0) is 10.6. The van der Waals surface area contributed by atoms with Crippen LogP contribution >= 0.6 is 0 Å². The van der Waals surface area contributed by atoms with Crippen molar-refractivity contribution < 1.29 is 0 Å². The van der Waals surface area contributed by atoms with Crippen molar-refractivity contribution in [3.05, 3.63) is 29.3 Å². The van der Waals surface area contributed by atoms with Crippen LogP contribution in [-0.4, -0.2) is 0 Å². The molecule has 1 heteroatoms. The predicted octanol–water partition coefficient (Wildman–Crippen LogP) is 3.52. The van der Waals surface area contributed by atoms with Gasteiger partial charge in [0.05, 0.1) is 0 Å². The summed E-state index contributed by atoms with van der Waals surface area (Å²) in [5.74, 6) is 3.19. The number of benzene rings is 1. The molecule has 0 aliphatic heterocycles. The average Bonchev–Trinajstić information content (AvgIpc) is 2.73. The van der Waals surface area contributed by atoms with Gasteiger partial charge in [-0.2, -0.15) is 0 Å². The monoisotopic (exact) mass is 201 g/mol. The van der Waals surface area contributed by atoms with Crippen molar-refractivity contribution in [1.29, 1.82) is 0 Å². The Morgan fingerprint density at radius 1 is 1.20 bits per heavy atom. The molecule has 1 aromatic carbocycles. The van der Waals surface area contributed by atoms with E-state index in [-0.39, 0.29) is 0 Å². The molecule has 1 saturated carbocycles. The van der Waals surface area contributed by atoms with E-state index in [9.17, 15) is 0 Å². The fourth-order valence-corrected chi connectivity index (χ4v) is 4.01. The third kappa shape index (κ3) is 1.09. The SMILES string of the molecule is CC(C)C1[C@@H]2CC[C@H]1c1cccc(N)c12. The molecule has 2 aliphatic carbocycles. The number of hydrogen-bond acceptors (Lipinski definition) is 1. The third-order valence-corrected chi connectivity index (χ3v) is 4.43. The Balaban J connectivity index is 2.13. The van der Waals surface area contributed by atoms with Crippen molar-refractivity contribution in [2.24, 2.45) is 11.8 Å². The lowest BCUT2D eigenvalue weighted by Crippen LogP contribution is -2.11. The van der Waals surface area contributed by atoms with Crippen LogP contribution in [0.1, 0.15) is 49.7 Å². The highest BCUT2D eigenvalue weighted by Gasteiger charge is 2.47. The van der Waals surface area contributed by atoms with Gasteiger partial charge in [-0.1, -0.05) is 26.0 Å². The van der Waals surface area contributed by atoms with Crippen molar-refractivity contribution in [1.82, 2.24) is 0 Å². The van der Waals surface area contributed by atoms with Crippen LogP contribution in [0.25, 0.3) is 0 Å². The van der Waals surface area contributed by atoms with Gasteiger partial charge in [0, 0.05) is 5.69 Å². The minimum absolute atomic E-state index is 0.756. The molecule has 0 radical (unpaired) electrons. The molecule has 2 aliphatic rings. The van der Waals surface area contributed by atoms with Crippen molar-refractivity contribution in [3.63, 3.8) is 0 Å². The summed E-state index contributed by atoms with van der Waals surface area (Å²) in [6.45, 7) is 4.72. The van der Waals surface area contributed by atoms with Crippen LogP contribution in [0.15, 0.2) is 18.2 Å². The van der Waals surface area contributed by atoms with Gasteiger partial charge in [-0.15, -0.1) is 0 Å². The van der Waals surface area contributed by atoms with Gasteiger partial charge >= 0.3 is 0 Å². The van der Waals surface area contributed by atoms with E-state index >= 15 is 0 Å². The van der Waals surface area contributed by atoms with E-state index < -0.39 is 0 Å². The minimum atomic E-state index is 0.756. The zero-order valence-electron chi connectivity index (χ0n) is 9.53. The van der Waals surface area contributed by atoms with Crippen LogP contribution in [0.3, 0.4) is 0 Å². The maximum atomic E-state index is 6.12. The molecule has 0 aromatic heterocycles. The van der Waals surface area contributed by atoms with Crippen molar-refractivity contribution >= 4 is 5.69 Å². The number of fused-ring (bicyclic) bond motifs is 5. The molecule has 0 spiro atoms. The zero-order valence-corrected chi connectivity index (χ0v) is 9.53. The highest BCUT2D eigenvalue weighted by Crippen LogP contribution is 2.60. The van der Waals surface area contributed by atoms with Crippen LogP contribution in [0.2, 0.25) is 0 Å². The fraction of sp³-hybridized carbons (Fsp3) is 0.571. The summed E-state index contributed by atoms with van der Waals surface area (Å²) in [6, 6.07) is 6.48. The molecule has 3 atom stereocenters. The molecule has 1 aromatic rings. The summed E-state index contributed by atoms with van der Waals surface area (Å²) in [5, 5.41) is 0. The molecule has 0 heterocycles. The third-order valence-electron chi connectivity index (χ3n) is 4.43. The minimum Gasteiger partial charge on any atom is -0.398 e. The predicted molar refractivity (Wildman–Crippen MR) is 63.9 cm³/mol. The molecule has 3 rings (SSSR count). The molecule has 80 valence electrons. The summed E-state index contributed by atoms with van der Waals surface area (Å²) in [5.41, 5.74) is 10.2. The highest BCUT2D eigenvalue weighted by molar-refractivity contribution is 5.58. The standard InChI is InChI=1S/C14H19N/c1-8(2)13-10-6-7-11(13)14-9(10)4-3-5-12(14)15/h3-5,8,10-11,13H,6-7,15H2,1-2H3/t10-,11-,13?/m0/s1. The van der Waals surface area contributed by atoms with Crippen LogP contribution in [-0.2, 0) is 0 Å². The van der Waals surface area contributed by atoms with E-state index in [1.54, 1.807) is 5.56 Å². The smallest absolute Gasteiger partial charge is 0.0352 e. The summed E-state index contributed by atoms with van der Waals surface area (Å²) < 4.78 is 0. The van der Waals surface area contributed by atoms with Crippen LogP contribution in [0.5, 0.6) is 0 Å². The first kappa shape index (κ1) is 9.26. The van der Waals surface area contributed by atoms with E-state index in [4.69, 9.17) is 5.73 Å².